The molecule has 0 aromatic carbocycles. The summed E-state index contributed by atoms with van der Waals surface area (Å²) in [5.74, 6) is -0.532. The predicted octanol–water partition coefficient (Wildman–Crippen LogP) is 20.1. The average Bonchev–Trinajstić information content (AvgIpc) is 3.36. The van der Waals surface area contributed by atoms with Crippen LogP contribution in [0.5, 0.6) is 0 Å². The molecule has 0 aromatic heterocycles. The Kier molecular flexibility index (Phi) is 56.5. The van der Waals surface area contributed by atoms with E-state index in [1.807, 2.05) is 0 Å². The zero-order valence-corrected chi connectivity index (χ0v) is 45.7. The van der Waals surface area contributed by atoms with Gasteiger partial charge in [0.1, 0.15) is 6.61 Å². The van der Waals surface area contributed by atoms with Gasteiger partial charge >= 0.3 is 11.9 Å². The number of carbonyl (C=O) groups is 2. The van der Waals surface area contributed by atoms with Gasteiger partial charge in [-0.3, -0.25) is 9.59 Å². The standard InChI is InChI=1S/C65H108O5/c1-4-7-10-13-16-19-22-25-28-31-32-33-36-39-42-45-48-51-54-57-60-68-61-63(70-65(67)59-56-53-50-47-44-41-38-35-30-27-24-21-18-15-12-9-6-3)62-69-64(66)58-55-52-49-46-43-40-37-34-29-26-23-20-17-14-11-8-5-2/h8-9,11-12,17-18,20-21,26-27,29-30,37-38,40-41,46-47,49-50,63H,4-7,10,13-16,19,22-25,28,31-36,39,42-45,48,51-62H2,1-3H3/b11-8-,12-9-,20-17-,21-18-,29-26-,30-27-,40-37-,41-38-,49-46-,50-47-. The molecular weight excluding hydrogens is 861 g/mol. The SMILES string of the molecule is CC/C=C\C/C=C\C/C=C\C/C=C\C/C=C\CCCC(=O)OCC(COCCCCCCCCCCCCCCCCCCCCCC)OC(=O)CCC/C=C\C/C=C\C/C=C\C/C=C\C/C=C\CC. The molecule has 0 aliphatic carbocycles. The minimum Gasteiger partial charge on any atom is -0.462 e. The predicted molar refractivity (Wildman–Crippen MR) is 306 cm³/mol. The Morgan fingerprint density at radius 1 is 0.329 bits per heavy atom. The molecule has 1 unspecified atom stereocenters. The van der Waals surface area contributed by atoms with Crippen molar-refractivity contribution in [3.63, 3.8) is 0 Å². The normalized spacial score (nSPS) is 13.1. The first kappa shape index (κ1) is 66.3. The van der Waals surface area contributed by atoms with E-state index in [-0.39, 0.29) is 25.2 Å². The molecule has 1 atom stereocenters. The van der Waals surface area contributed by atoms with E-state index in [9.17, 15) is 9.59 Å². The number of unbranched alkanes of at least 4 members (excludes halogenated alkanes) is 21. The largest absolute Gasteiger partial charge is 0.462 e. The van der Waals surface area contributed by atoms with Crippen LogP contribution in [0, 0.1) is 0 Å². The van der Waals surface area contributed by atoms with Crippen LogP contribution in [0.3, 0.4) is 0 Å². The fourth-order valence-electron chi connectivity index (χ4n) is 7.76. The fraction of sp³-hybridized carbons (Fsp3) is 0.662. The van der Waals surface area contributed by atoms with Crippen LogP contribution in [-0.2, 0) is 23.8 Å². The van der Waals surface area contributed by atoms with E-state index in [1.54, 1.807) is 0 Å². The minimum absolute atomic E-state index is 0.0280. The Hall–Kier alpha value is -3.70. The van der Waals surface area contributed by atoms with E-state index in [0.29, 0.717) is 25.9 Å². The molecule has 0 saturated carbocycles. The lowest BCUT2D eigenvalue weighted by molar-refractivity contribution is -0.162. The summed E-state index contributed by atoms with van der Waals surface area (Å²) in [5, 5.41) is 0. The highest BCUT2D eigenvalue weighted by Crippen LogP contribution is 2.15. The van der Waals surface area contributed by atoms with Crippen molar-refractivity contribution >= 4 is 11.9 Å². The van der Waals surface area contributed by atoms with Crippen molar-refractivity contribution < 1.29 is 23.8 Å². The highest BCUT2D eigenvalue weighted by Gasteiger charge is 2.17. The van der Waals surface area contributed by atoms with Gasteiger partial charge in [-0.1, -0.05) is 264 Å². The number of allylic oxidation sites excluding steroid dienone is 20. The second-order valence-corrected chi connectivity index (χ2v) is 18.8. The molecule has 70 heavy (non-hydrogen) atoms. The summed E-state index contributed by atoms with van der Waals surface area (Å²) >= 11 is 0. The molecule has 0 heterocycles. The Labute approximate surface area is 433 Å². The van der Waals surface area contributed by atoms with Crippen molar-refractivity contribution in [1.82, 2.24) is 0 Å². The smallest absolute Gasteiger partial charge is 0.306 e. The molecule has 0 fully saturated rings. The zero-order valence-electron chi connectivity index (χ0n) is 45.7. The second-order valence-electron chi connectivity index (χ2n) is 18.8. The maximum Gasteiger partial charge on any atom is 0.306 e. The molecule has 0 aromatic rings. The summed E-state index contributed by atoms with van der Waals surface area (Å²) in [6.07, 6.45) is 83.8. The first-order valence-electron chi connectivity index (χ1n) is 29.1. The molecule has 0 bridgehead atoms. The lowest BCUT2D eigenvalue weighted by Gasteiger charge is -2.18. The zero-order chi connectivity index (χ0) is 50.6. The van der Waals surface area contributed by atoms with E-state index >= 15 is 0 Å². The Bertz CT molecular complexity index is 1420. The van der Waals surface area contributed by atoms with Gasteiger partial charge in [-0.2, -0.15) is 0 Å². The molecule has 0 N–H and O–H groups in total. The van der Waals surface area contributed by atoms with E-state index in [2.05, 4.69) is 142 Å². The summed E-state index contributed by atoms with van der Waals surface area (Å²) in [6, 6.07) is 0. The molecule has 0 aliphatic rings. The number of esters is 2. The van der Waals surface area contributed by atoms with Gasteiger partial charge in [0.15, 0.2) is 6.10 Å². The third-order valence-corrected chi connectivity index (χ3v) is 12.0. The quantitative estimate of drug-likeness (QED) is 0.0345. The van der Waals surface area contributed by atoms with Gasteiger partial charge in [-0.05, 0) is 96.3 Å². The highest BCUT2D eigenvalue weighted by molar-refractivity contribution is 5.70. The van der Waals surface area contributed by atoms with Gasteiger partial charge in [0.05, 0.1) is 6.61 Å². The summed E-state index contributed by atoms with van der Waals surface area (Å²) in [4.78, 5) is 25.5. The van der Waals surface area contributed by atoms with Crippen LogP contribution < -0.4 is 0 Å². The first-order valence-corrected chi connectivity index (χ1v) is 29.1. The van der Waals surface area contributed by atoms with Gasteiger partial charge in [-0.25, -0.2) is 0 Å². The third-order valence-electron chi connectivity index (χ3n) is 12.0. The van der Waals surface area contributed by atoms with Crippen LogP contribution in [-0.4, -0.2) is 37.9 Å². The molecule has 398 valence electrons. The van der Waals surface area contributed by atoms with Crippen molar-refractivity contribution in [1.29, 1.82) is 0 Å². The van der Waals surface area contributed by atoms with Gasteiger partial charge in [-0.15, -0.1) is 0 Å². The lowest BCUT2D eigenvalue weighted by atomic mass is 10.0. The van der Waals surface area contributed by atoms with E-state index in [4.69, 9.17) is 14.2 Å². The molecule has 0 rings (SSSR count). The van der Waals surface area contributed by atoms with Gasteiger partial charge in [0.25, 0.3) is 0 Å². The first-order chi connectivity index (χ1) is 34.6. The van der Waals surface area contributed by atoms with Crippen LogP contribution in [0.15, 0.2) is 122 Å². The van der Waals surface area contributed by atoms with E-state index in [1.165, 1.54) is 116 Å². The number of carbonyl (C=O) groups excluding carboxylic acids is 2. The second kappa shape index (κ2) is 59.6. The van der Waals surface area contributed by atoms with Crippen LogP contribution in [0.1, 0.15) is 252 Å². The molecule has 0 saturated heterocycles. The molecular formula is C65H108O5. The van der Waals surface area contributed by atoms with Crippen molar-refractivity contribution in [2.45, 2.75) is 258 Å². The third kappa shape index (κ3) is 56.9. The number of hydrogen-bond acceptors (Lipinski definition) is 5. The summed E-state index contributed by atoms with van der Waals surface area (Å²) in [6.45, 7) is 7.49. The van der Waals surface area contributed by atoms with Crippen LogP contribution in [0.4, 0.5) is 0 Å². The molecule has 5 nitrogen and oxygen atoms in total. The molecule has 5 heteroatoms. The lowest BCUT2D eigenvalue weighted by Crippen LogP contribution is -2.30. The van der Waals surface area contributed by atoms with Crippen LogP contribution >= 0.6 is 0 Å². The average molecular weight is 970 g/mol. The maximum atomic E-state index is 12.8. The van der Waals surface area contributed by atoms with Gasteiger partial charge < -0.3 is 14.2 Å². The highest BCUT2D eigenvalue weighted by atomic mass is 16.6. The summed E-state index contributed by atoms with van der Waals surface area (Å²) < 4.78 is 17.4. The van der Waals surface area contributed by atoms with Crippen LogP contribution in [0.2, 0.25) is 0 Å². The van der Waals surface area contributed by atoms with E-state index in [0.717, 1.165) is 96.3 Å². The Balaban J connectivity index is 4.43. The molecule has 0 spiro atoms. The van der Waals surface area contributed by atoms with Gasteiger partial charge in [0.2, 0.25) is 0 Å². The van der Waals surface area contributed by atoms with Crippen molar-refractivity contribution in [2.75, 3.05) is 19.8 Å². The summed E-state index contributed by atoms with van der Waals surface area (Å²) in [5.41, 5.74) is 0. The maximum absolute atomic E-state index is 12.8. The molecule has 0 amide bonds. The van der Waals surface area contributed by atoms with E-state index < -0.39 is 6.10 Å². The fourth-order valence-corrected chi connectivity index (χ4v) is 7.76. The van der Waals surface area contributed by atoms with Gasteiger partial charge in [0, 0.05) is 19.4 Å². The van der Waals surface area contributed by atoms with Crippen molar-refractivity contribution in [3.8, 4) is 0 Å². The van der Waals surface area contributed by atoms with Crippen molar-refractivity contribution in [2.24, 2.45) is 0 Å². The van der Waals surface area contributed by atoms with Crippen LogP contribution in [0.25, 0.3) is 0 Å². The summed E-state index contributed by atoms with van der Waals surface area (Å²) in [7, 11) is 0. The monoisotopic (exact) mass is 969 g/mol. The molecule has 0 aliphatic heterocycles. The molecule has 0 radical (unpaired) electrons. The number of ether oxygens (including phenoxy) is 3. The number of rotatable bonds is 52. The Morgan fingerprint density at radius 3 is 0.971 bits per heavy atom. The Morgan fingerprint density at radius 2 is 0.629 bits per heavy atom. The minimum atomic E-state index is -0.596. The van der Waals surface area contributed by atoms with Crippen molar-refractivity contribution in [3.05, 3.63) is 122 Å². The topological polar surface area (TPSA) is 61.8 Å². The number of hydrogen-bond donors (Lipinski definition) is 0.